The molecule has 1 heterocycles. The number of nitrogens with one attached hydrogen (secondary N) is 2. The predicted molar refractivity (Wildman–Crippen MR) is 102 cm³/mol. The molecule has 160 valence electrons. The van der Waals surface area contributed by atoms with Gasteiger partial charge in [0.1, 0.15) is 0 Å². The Morgan fingerprint density at radius 3 is 2.29 bits per heavy atom. The molecule has 10 heteroatoms. The van der Waals surface area contributed by atoms with Gasteiger partial charge in [-0.25, -0.2) is 18.1 Å². The van der Waals surface area contributed by atoms with Crippen LogP contribution in [0.5, 0.6) is 5.88 Å². The topological polar surface area (TPSA) is 80.3 Å². The molecule has 1 aliphatic rings. The monoisotopic (exact) mass is 423 g/mol. The lowest BCUT2D eigenvalue weighted by atomic mass is 9.86. The summed E-state index contributed by atoms with van der Waals surface area (Å²) in [6, 6.07) is 2.99. The number of alkyl halides is 3. The number of halogens is 3. The minimum absolute atomic E-state index is 0.0350. The second kappa shape index (κ2) is 8.86. The molecule has 0 radical (unpaired) electrons. The van der Waals surface area contributed by atoms with Crippen molar-refractivity contribution in [2.24, 2.45) is 5.92 Å². The van der Waals surface area contributed by atoms with E-state index in [1.807, 2.05) is 0 Å². The second-order valence-electron chi connectivity index (χ2n) is 8.12. The maximum absolute atomic E-state index is 12.2. The molecule has 1 aromatic heterocycles. The van der Waals surface area contributed by atoms with Gasteiger partial charge in [0.05, 0.1) is 16.6 Å². The Bertz CT molecular complexity index is 723. The van der Waals surface area contributed by atoms with Crippen LogP contribution in [0.3, 0.4) is 0 Å². The summed E-state index contributed by atoms with van der Waals surface area (Å²) < 4.78 is 67.4. The number of hydrogen-bond donors (Lipinski definition) is 2. The molecular weight excluding hydrogens is 395 g/mol. The van der Waals surface area contributed by atoms with Crippen molar-refractivity contribution in [3.8, 4) is 5.88 Å². The minimum atomic E-state index is -4.39. The molecule has 0 atom stereocenters. The Hall–Kier alpha value is -1.55. The molecule has 0 amide bonds. The number of anilines is 1. The van der Waals surface area contributed by atoms with E-state index in [2.05, 4.69) is 19.8 Å². The molecule has 28 heavy (non-hydrogen) atoms. The summed E-state index contributed by atoms with van der Waals surface area (Å²) in [5.74, 6) is 0.325. The number of pyridine rings is 1. The van der Waals surface area contributed by atoms with E-state index in [-0.39, 0.29) is 11.9 Å². The summed E-state index contributed by atoms with van der Waals surface area (Å²) in [7, 11) is -3.34. The molecule has 2 rings (SSSR count). The van der Waals surface area contributed by atoms with Crippen LogP contribution >= 0.6 is 0 Å². The average molecular weight is 424 g/mol. The maximum Gasteiger partial charge on any atom is 0.422 e. The van der Waals surface area contributed by atoms with Crippen LogP contribution in [0.1, 0.15) is 46.5 Å². The molecule has 0 saturated heterocycles. The third kappa shape index (κ3) is 7.12. The van der Waals surface area contributed by atoms with E-state index in [1.54, 1.807) is 26.8 Å². The minimum Gasteiger partial charge on any atom is -0.468 e. The standard InChI is InChI=1S/C18H28F3N3O3S/c1-17(2,3)28(25,26)24-14-6-4-13(5-7-14)10-22-15-8-9-16(23-11-15)27-12-18(19,20)21/h8-9,11,13-14,22,24H,4-7,10,12H2,1-3H3. The van der Waals surface area contributed by atoms with Crippen molar-refractivity contribution < 1.29 is 26.3 Å². The van der Waals surface area contributed by atoms with Gasteiger partial charge in [-0.1, -0.05) is 0 Å². The Morgan fingerprint density at radius 1 is 1.14 bits per heavy atom. The molecule has 0 unspecified atom stereocenters. The first-order valence-electron chi connectivity index (χ1n) is 9.27. The summed E-state index contributed by atoms with van der Waals surface area (Å²) in [4.78, 5) is 3.86. The first kappa shape index (κ1) is 22.7. The van der Waals surface area contributed by atoms with Crippen LogP contribution in [-0.4, -0.2) is 43.5 Å². The van der Waals surface area contributed by atoms with Crippen LogP contribution in [0.25, 0.3) is 0 Å². The van der Waals surface area contributed by atoms with E-state index in [1.165, 1.54) is 12.3 Å². The third-order valence-electron chi connectivity index (χ3n) is 4.69. The Kier molecular flexibility index (Phi) is 7.19. The summed E-state index contributed by atoms with van der Waals surface area (Å²) in [6.45, 7) is 4.37. The van der Waals surface area contributed by atoms with E-state index in [4.69, 9.17) is 0 Å². The number of nitrogens with zero attached hydrogens (tertiary/aromatic N) is 1. The molecule has 1 saturated carbocycles. The average Bonchev–Trinajstić information content (AvgIpc) is 2.58. The fourth-order valence-corrected chi connectivity index (χ4v) is 3.90. The van der Waals surface area contributed by atoms with E-state index in [9.17, 15) is 21.6 Å². The third-order valence-corrected chi connectivity index (χ3v) is 6.95. The van der Waals surface area contributed by atoms with Crippen LogP contribution in [-0.2, 0) is 10.0 Å². The van der Waals surface area contributed by atoms with Crippen LogP contribution in [0.2, 0.25) is 0 Å². The highest BCUT2D eigenvalue weighted by atomic mass is 32.2. The van der Waals surface area contributed by atoms with Gasteiger partial charge in [0.2, 0.25) is 15.9 Å². The SMILES string of the molecule is CC(C)(C)S(=O)(=O)NC1CCC(CNc2ccc(OCC(F)(F)F)nc2)CC1. The summed E-state index contributed by atoms with van der Waals surface area (Å²) >= 11 is 0. The zero-order chi connectivity index (χ0) is 21.0. The van der Waals surface area contributed by atoms with Crippen molar-refractivity contribution in [1.29, 1.82) is 0 Å². The quantitative estimate of drug-likeness (QED) is 0.699. The second-order valence-corrected chi connectivity index (χ2v) is 10.6. The molecular formula is C18H28F3N3O3S. The van der Waals surface area contributed by atoms with Crippen molar-refractivity contribution in [2.75, 3.05) is 18.5 Å². The van der Waals surface area contributed by atoms with E-state index in [0.29, 0.717) is 18.2 Å². The van der Waals surface area contributed by atoms with Crippen molar-refractivity contribution in [1.82, 2.24) is 9.71 Å². The molecule has 1 fully saturated rings. The first-order chi connectivity index (χ1) is 12.9. The molecule has 1 aliphatic carbocycles. The number of ether oxygens (including phenoxy) is 1. The van der Waals surface area contributed by atoms with Gasteiger partial charge in [0.15, 0.2) is 6.61 Å². The zero-order valence-electron chi connectivity index (χ0n) is 16.3. The normalized spacial score (nSPS) is 21.4. The van der Waals surface area contributed by atoms with Gasteiger partial charge in [-0.2, -0.15) is 13.2 Å². The predicted octanol–water partition coefficient (Wildman–Crippen LogP) is 3.71. The molecule has 0 spiro atoms. The van der Waals surface area contributed by atoms with Crippen molar-refractivity contribution in [2.45, 2.75) is 63.4 Å². The van der Waals surface area contributed by atoms with Crippen LogP contribution in [0.15, 0.2) is 18.3 Å². The van der Waals surface area contributed by atoms with E-state index < -0.39 is 27.6 Å². The molecule has 2 N–H and O–H groups in total. The molecule has 0 bridgehead atoms. The summed E-state index contributed by atoms with van der Waals surface area (Å²) in [5.41, 5.74) is 0.704. The highest BCUT2D eigenvalue weighted by molar-refractivity contribution is 7.90. The highest BCUT2D eigenvalue weighted by Gasteiger charge is 2.32. The molecule has 1 aromatic rings. The van der Waals surface area contributed by atoms with E-state index in [0.717, 1.165) is 25.7 Å². The fourth-order valence-electron chi connectivity index (χ4n) is 2.87. The Balaban J connectivity index is 1.74. The number of aromatic nitrogens is 1. The molecule has 6 nitrogen and oxygen atoms in total. The lowest BCUT2D eigenvalue weighted by Gasteiger charge is -2.31. The Labute approximate surface area is 164 Å². The molecule has 0 aliphatic heterocycles. The Morgan fingerprint density at radius 2 is 1.79 bits per heavy atom. The van der Waals surface area contributed by atoms with Gasteiger partial charge >= 0.3 is 6.18 Å². The van der Waals surface area contributed by atoms with Gasteiger partial charge in [-0.15, -0.1) is 0 Å². The van der Waals surface area contributed by atoms with Crippen molar-refractivity contribution >= 4 is 15.7 Å². The highest BCUT2D eigenvalue weighted by Crippen LogP contribution is 2.27. The largest absolute Gasteiger partial charge is 0.468 e. The summed E-state index contributed by atoms with van der Waals surface area (Å²) in [5, 5.41) is 3.22. The van der Waals surface area contributed by atoms with Gasteiger partial charge in [0, 0.05) is 18.7 Å². The zero-order valence-corrected chi connectivity index (χ0v) is 17.2. The number of hydrogen-bond acceptors (Lipinski definition) is 5. The smallest absolute Gasteiger partial charge is 0.422 e. The van der Waals surface area contributed by atoms with Gasteiger partial charge in [0.25, 0.3) is 0 Å². The maximum atomic E-state index is 12.2. The van der Waals surface area contributed by atoms with E-state index >= 15 is 0 Å². The lowest BCUT2D eigenvalue weighted by Crippen LogP contribution is -2.46. The van der Waals surface area contributed by atoms with Crippen molar-refractivity contribution in [3.63, 3.8) is 0 Å². The number of rotatable bonds is 7. The first-order valence-corrected chi connectivity index (χ1v) is 10.8. The molecule has 0 aromatic carbocycles. The van der Waals surface area contributed by atoms with Gasteiger partial charge < -0.3 is 10.1 Å². The van der Waals surface area contributed by atoms with Crippen LogP contribution in [0.4, 0.5) is 18.9 Å². The fraction of sp³-hybridized carbons (Fsp3) is 0.722. The number of sulfonamides is 1. The van der Waals surface area contributed by atoms with Crippen molar-refractivity contribution in [3.05, 3.63) is 18.3 Å². The van der Waals surface area contributed by atoms with Gasteiger partial charge in [-0.05, 0) is 58.4 Å². The summed E-state index contributed by atoms with van der Waals surface area (Å²) in [6.07, 6.45) is 0.399. The van der Waals surface area contributed by atoms with Crippen LogP contribution in [0, 0.1) is 5.92 Å². The lowest BCUT2D eigenvalue weighted by molar-refractivity contribution is -0.154. The van der Waals surface area contributed by atoms with Gasteiger partial charge in [-0.3, -0.25) is 0 Å². The van der Waals surface area contributed by atoms with Crippen LogP contribution < -0.4 is 14.8 Å².